The Morgan fingerprint density at radius 2 is 2.15 bits per heavy atom. The van der Waals surface area contributed by atoms with Crippen molar-refractivity contribution < 1.29 is 18.1 Å². The Kier molecular flexibility index (Phi) is 3.55. The molecule has 0 saturated carbocycles. The molecular formula is C11H13F3N4O2. The van der Waals surface area contributed by atoms with E-state index in [1.807, 2.05) is 6.92 Å². The number of hydrogen-bond acceptors (Lipinski definition) is 5. The number of aromatic nitrogens is 1. The lowest BCUT2D eigenvalue weighted by atomic mass is 10.1. The molecule has 0 bridgehead atoms. The fourth-order valence-corrected chi connectivity index (χ4v) is 2.18. The summed E-state index contributed by atoms with van der Waals surface area (Å²) in [5.41, 5.74) is 4.13. The van der Waals surface area contributed by atoms with Crippen LogP contribution in [0.5, 0.6) is 0 Å². The van der Waals surface area contributed by atoms with Crippen LogP contribution in [0.3, 0.4) is 0 Å². The number of alkyl halides is 3. The summed E-state index contributed by atoms with van der Waals surface area (Å²) < 4.78 is 38.0. The van der Waals surface area contributed by atoms with Gasteiger partial charge in [-0.15, -0.1) is 0 Å². The van der Waals surface area contributed by atoms with Crippen LogP contribution >= 0.6 is 0 Å². The highest BCUT2D eigenvalue weighted by Crippen LogP contribution is 2.36. The summed E-state index contributed by atoms with van der Waals surface area (Å²) in [4.78, 5) is 14.8. The minimum Gasteiger partial charge on any atom is -0.364 e. The van der Waals surface area contributed by atoms with Crippen LogP contribution in [0.25, 0.3) is 0 Å². The van der Waals surface area contributed by atoms with Crippen LogP contribution in [0.4, 0.5) is 24.5 Å². The predicted octanol–water partition coefficient (Wildman–Crippen LogP) is 1.79. The number of pyridine rings is 1. The van der Waals surface area contributed by atoms with E-state index in [9.17, 15) is 23.3 Å². The summed E-state index contributed by atoms with van der Waals surface area (Å²) in [6.45, 7) is 2.51. The summed E-state index contributed by atoms with van der Waals surface area (Å²) in [5.74, 6) is 0.0529. The van der Waals surface area contributed by atoms with Gasteiger partial charge in [-0.05, 0) is 12.0 Å². The van der Waals surface area contributed by atoms with Crippen LogP contribution in [0.2, 0.25) is 0 Å². The van der Waals surface area contributed by atoms with Gasteiger partial charge < -0.3 is 10.6 Å². The van der Waals surface area contributed by atoms with Crippen LogP contribution < -0.4 is 10.6 Å². The summed E-state index contributed by atoms with van der Waals surface area (Å²) in [6.07, 6.45) is -4.00. The molecule has 6 nitrogen and oxygen atoms in total. The standard InChI is InChI=1S/C11H13F3N4O2/c1-6-4-17(5-7(6)15)8-2-10(11(12,13)14)16-3-9(8)18(19)20/h2-3,6-7H,4-5,15H2,1H3. The Labute approximate surface area is 112 Å². The van der Waals surface area contributed by atoms with Gasteiger partial charge in [-0.3, -0.25) is 10.1 Å². The Bertz CT molecular complexity index is 525. The van der Waals surface area contributed by atoms with Gasteiger partial charge in [-0.25, -0.2) is 4.98 Å². The molecule has 2 N–H and O–H groups in total. The average molecular weight is 290 g/mol. The zero-order valence-electron chi connectivity index (χ0n) is 10.6. The molecular weight excluding hydrogens is 277 g/mol. The highest BCUT2D eigenvalue weighted by Gasteiger charge is 2.37. The van der Waals surface area contributed by atoms with Gasteiger partial charge in [0, 0.05) is 19.1 Å². The lowest BCUT2D eigenvalue weighted by Crippen LogP contribution is -2.28. The Hall–Kier alpha value is -1.90. The van der Waals surface area contributed by atoms with Crippen molar-refractivity contribution >= 4 is 11.4 Å². The summed E-state index contributed by atoms with van der Waals surface area (Å²) in [5, 5.41) is 10.9. The monoisotopic (exact) mass is 290 g/mol. The first-order chi connectivity index (χ1) is 9.20. The lowest BCUT2D eigenvalue weighted by molar-refractivity contribution is -0.384. The molecule has 1 aliphatic rings. The molecule has 2 atom stereocenters. The Morgan fingerprint density at radius 1 is 1.50 bits per heavy atom. The second-order valence-electron chi connectivity index (χ2n) is 4.86. The average Bonchev–Trinajstić information content (AvgIpc) is 2.67. The van der Waals surface area contributed by atoms with Gasteiger partial charge in [0.2, 0.25) is 0 Å². The second-order valence-corrected chi connectivity index (χ2v) is 4.86. The van der Waals surface area contributed by atoms with Gasteiger partial charge >= 0.3 is 11.9 Å². The van der Waals surface area contributed by atoms with Crippen molar-refractivity contribution in [2.24, 2.45) is 11.7 Å². The van der Waals surface area contributed by atoms with Crippen molar-refractivity contribution in [2.45, 2.75) is 19.1 Å². The molecule has 1 aromatic heterocycles. The Morgan fingerprint density at radius 3 is 2.60 bits per heavy atom. The van der Waals surface area contributed by atoms with E-state index < -0.39 is 22.5 Å². The largest absolute Gasteiger partial charge is 0.433 e. The van der Waals surface area contributed by atoms with Gasteiger partial charge in [-0.1, -0.05) is 6.92 Å². The first-order valence-corrected chi connectivity index (χ1v) is 5.92. The van der Waals surface area contributed by atoms with Crippen molar-refractivity contribution in [3.8, 4) is 0 Å². The molecule has 1 aromatic rings. The molecule has 0 aromatic carbocycles. The van der Waals surface area contributed by atoms with Gasteiger partial charge in [0.15, 0.2) is 0 Å². The molecule has 2 unspecified atom stereocenters. The van der Waals surface area contributed by atoms with Crippen LogP contribution in [0, 0.1) is 16.0 Å². The molecule has 0 aliphatic carbocycles. The number of halogens is 3. The topological polar surface area (TPSA) is 85.3 Å². The second kappa shape index (κ2) is 4.89. The van der Waals surface area contributed by atoms with Crippen LogP contribution in [0.1, 0.15) is 12.6 Å². The fraction of sp³-hybridized carbons (Fsp3) is 0.545. The third-order valence-electron chi connectivity index (χ3n) is 3.36. The van der Waals surface area contributed by atoms with Crippen LogP contribution in [0.15, 0.2) is 12.3 Å². The smallest absolute Gasteiger partial charge is 0.364 e. The maximum Gasteiger partial charge on any atom is 0.433 e. The van der Waals surface area contributed by atoms with Gasteiger partial charge in [-0.2, -0.15) is 13.2 Å². The molecule has 2 rings (SSSR count). The first-order valence-electron chi connectivity index (χ1n) is 5.92. The molecule has 9 heteroatoms. The molecule has 0 amide bonds. The van der Waals surface area contributed by atoms with Gasteiger partial charge in [0.1, 0.15) is 17.6 Å². The van der Waals surface area contributed by atoms with Crippen molar-refractivity contribution in [1.82, 2.24) is 4.98 Å². The van der Waals surface area contributed by atoms with E-state index in [1.165, 1.54) is 4.90 Å². The first kappa shape index (κ1) is 14.5. The number of nitro groups is 1. The van der Waals surface area contributed by atoms with Crippen molar-refractivity contribution in [3.05, 3.63) is 28.1 Å². The third kappa shape index (κ3) is 2.67. The quantitative estimate of drug-likeness (QED) is 0.663. The SMILES string of the molecule is CC1CN(c2cc(C(F)(F)F)ncc2[N+](=O)[O-])CC1N. The number of nitrogens with zero attached hydrogens (tertiary/aromatic N) is 3. The number of rotatable bonds is 2. The summed E-state index contributed by atoms with van der Waals surface area (Å²) >= 11 is 0. The van der Waals surface area contributed by atoms with E-state index in [4.69, 9.17) is 5.73 Å². The predicted molar refractivity (Wildman–Crippen MR) is 65.2 cm³/mol. The zero-order valence-corrected chi connectivity index (χ0v) is 10.6. The van der Waals surface area contributed by atoms with Gasteiger partial charge in [0.05, 0.1) is 4.92 Å². The minimum atomic E-state index is -4.64. The van der Waals surface area contributed by atoms with Crippen LogP contribution in [-0.2, 0) is 6.18 Å². The molecule has 0 radical (unpaired) electrons. The normalized spacial score (nSPS) is 23.1. The summed E-state index contributed by atoms with van der Waals surface area (Å²) in [7, 11) is 0. The highest BCUT2D eigenvalue weighted by molar-refractivity contribution is 5.63. The maximum absolute atomic E-state index is 12.7. The van der Waals surface area contributed by atoms with Crippen LogP contribution in [-0.4, -0.2) is 29.0 Å². The third-order valence-corrected chi connectivity index (χ3v) is 3.36. The molecule has 1 aliphatic heterocycles. The van der Waals surface area contributed by atoms with E-state index in [0.717, 1.165) is 0 Å². The maximum atomic E-state index is 12.7. The zero-order chi connectivity index (χ0) is 15.1. The van der Waals surface area contributed by atoms with E-state index in [2.05, 4.69) is 4.98 Å². The number of hydrogen-bond donors (Lipinski definition) is 1. The lowest BCUT2D eigenvalue weighted by Gasteiger charge is -2.19. The number of anilines is 1. The molecule has 0 spiro atoms. The van der Waals surface area contributed by atoms with E-state index in [-0.39, 0.29) is 24.2 Å². The number of nitrogens with two attached hydrogens (primary N) is 1. The molecule has 1 fully saturated rings. The molecule has 1 saturated heterocycles. The van der Waals surface area contributed by atoms with Crippen molar-refractivity contribution in [1.29, 1.82) is 0 Å². The molecule has 2 heterocycles. The minimum absolute atomic E-state index is 0.0529. The Balaban J connectivity index is 2.45. The van der Waals surface area contributed by atoms with E-state index >= 15 is 0 Å². The fourth-order valence-electron chi connectivity index (χ4n) is 2.18. The molecule has 110 valence electrons. The molecule has 20 heavy (non-hydrogen) atoms. The van der Waals surface area contributed by atoms with Crippen molar-refractivity contribution in [3.63, 3.8) is 0 Å². The van der Waals surface area contributed by atoms with Gasteiger partial charge in [0.25, 0.3) is 0 Å². The van der Waals surface area contributed by atoms with E-state index in [0.29, 0.717) is 18.8 Å². The van der Waals surface area contributed by atoms with Crippen molar-refractivity contribution in [2.75, 3.05) is 18.0 Å². The summed E-state index contributed by atoms with van der Waals surface area (Å²) in [6, 6.07) is 0.486. The highest BCUT2D eigenvalue weighted by atomic mass is 19.4. The van der Waals surface area contributed by atoms with E-state index in [1.54, 1.807) is 0 Å².